The molecular weight excluding hydrogens is 446 g/mol. The first kappa shape index (κ1) is 24.1. The lowest BCUT2D eigenvalue weighted by atomic mass is 9.87. The van der Waals surface area contributed by atoms with Crippen LogP contribution in [0.4, 0.5) is 0 Å². The second-order valence-corrected chi connectivity index (χ2v) is 10.1. The topological polar surface area (TPSA) is 131 Å². The Hall–Kier alpha value is -3.53. The van der Waals surface area contributed by atoms with Crippen molar-refractivity contribution in [1.29, 1.82) is 0 Å². The van der Waals surface area contributed by atoms with Gasteiger partial charge in [0, 0.05) is 11.1 Å². The van der Waals surface area contributed by atoms with E-state index in [0.717, 1.165) is 5.56 Å². The summed E-state index contributed by atoms with van der Waals surface area (Å²) in [6, 6.07) is 13.3. The second-order valence-electron chi connectivity index (χ2n) is 8.45. The van der Waals surface area contributed by atoms with Gasteiger partial charge in [-0.25, -0.2) is 8.42 Å². The molecule has 0 aromatic heterocycles. The number of sulfonamides is 1. The molecule has 2 aromatic carbocycles. The fourth-order valence-corrected chi connectivity index (χ4v) is 4.34. The normalized spacial score (nSPS) is 15.4. The van der Waals surface area contributed by atoms with Gasteiger partial charge in [-0.3, -0.25) is 29.4 Å². The van der Waals surface area contributed by atoms with Gasteiger partial charge in [0.05, 0.1) is 17.9 Å². The Morgan fingerprint density at radius 2 is 1.70 bits per heavy atom. The first-order chi connectivity index (χ1) is 15.5. The largest absolute Gasteiger partial charge is 0.456 e. The first-order valence-electron chi connectivity index (χ1n) is 10.2. The highest BCUT2D eigenvalue weighted by Gasteiger charge is 2.30. The van der Waals surface area contributed by atoms with Crippen molar-refractivity contribution in [3.63, 3.8) is 0 Å². The van der Waals surface area contributed by atoms with Crippen molar-refractivity contribution in [3.8, 4) is 0 Å². The number of rotatable bonds is 6. The maximum atomic E-state index is 12.2. The van der Waals surface area contributed by atoms with E-state index in [0.29, 0.717) is 11.1 Å². The van der Waals surface area contributed by atoms with Gasteiger partial charge in [-0.15, -0.1) is 0 Å². The Morgan fingerprint density at radius 3 is 2.36 bits per heavy atom. The minimum absolute atomic E-state index is 0.0360. The molecule has 0 atom stereocenters. The molecule has 1 heterocycles. The molecule has 0 bridgehead atoms. The summed E-state index contributed by atoms with van der Waals surface area (Å²) >= 11 is 0. The number of esters is 1. The van der Waals surface area contributed by atoms with E-state index in [-0.39, 0.29) is 29.1 Å². The van der Waals surface area contributed by atoms with Gasteiger partial charge in [0.25, 0.3) is 21.8 Å². The molecule has 0 fully saturated rings. The van der Waals surface area contributed by atoms with Crippen molar-refractivity contribution in [2.24, 2.45) is 4.99 Å². The molecule has 1 aliphatic rings. The molecule has 2 aromatic rings. The molecule has 0 saturated carbocycles. The number of carbonyl (C=O) groups excluding carboxylic acids is 3. The summed E-state index contributed by atoms with van der Waals surface area (Å²) in [5.41, 5.74) is 1.74. The van der Waals surface area contributed by atoms with E-state index in [1.807, 2.05) is 12.1 Å². The quantitative estimate of drug-likeness (QED) is 0.619. The summed E-state index contributed by atoms with van der Waals surface area (Å²) in [6.45, 7) is 5.51. The number of amides is 2. The lowest BCUT2D eigenvalue weighted by Crippen LogP contribution is -2.34. The minimum Gasteiger partial charge on any atom is -0.456 e. The predicted molar refractivity (Wildman–Crippen MR) is 121 cm³/mol. The number of hydrogen-bond donors (Lipinski definition) is 2. The lowest BCUT2D eigenvalue weighted by molar-refractivity contribution is -0.148. The number of carbonyl (C=O) groups is 3. The molecule has 33 heavy (non-hydrogen) atoms. The molecule has 2 amide bonds. The standard InChI is InChI=1S/C23H25N3O6S/c1-23(2,3)16-10-8-15(9-11-16)22(29)25-19(27)14-32-20(28)12-13-24-21-17-6-4-5-7-18(17)33(30,31)26-21/h4-11H,12-14H2,1-3H3,(H,24,26)(H,25,27,29). The van der Waals surface area contributed by atoms with Crippen LogP contribution in [0.1, 0.15) is 48.7 Å². The Balaban J connectivity index is 1.45. The molecule has 0 unspecified atom stereocenters. The highest BCUT2D eigenvalue weighted by atomic mass is 32.2. The molecule has 0 radical (unpaired) electrons. The van der Waals surface area contributed by atoms with E-state index in [4.69, 9.17) is 4.74 Å². The van der Waals surface area contributed by atoms with E-state index in [9.17, 15) is 22.8 Å². The van der Waals surface area contributed by atoms with Crippen molar-refractivity contribution in [2.75, 3.05) is 13.2 Å². The number of aliphatic imine (C=N–C) groups is 1. The summed E-state index contributed by atoms with van der Waals surface area (Å²) < 4.78 is 31.3. The highest BCUT2D eigenvalue weighted by Crippen LogP contribution is 2.23. The molecule has 0 spiro atoms. The summed E-state index contributed by atoms with van der Waals surface area (Å²) in [5.74, 6) is -1.89. The maximum Gasteiger partial charge on any atom is 0.308 e. The van der Waals surface area contributed by atoms with Crippen LogP contribution in [-0.2, 0) is 29.8 Å². The Bertz CT molecular complexity index is 1210. The van der Waals surface area contributed by atoms with Gasteiger partial charge in [0.2, 0.25) is 0 Å². The lowest BCUT2D eigenvalue weighted by Gasteiger charge is -2.18. The number of nitrogens with zero attached hydrogens (tertiary/aromatic N) is 1. The van der Waals surface area contributed by atoms with Crippen LogP contribution in [0.15, 0.2) is 58.4 Å². The van der Waals surface area contributed by atoms with Gasteiger partial charge in [-0.2, -0.15) is 0 Å². The number of imide groups is 1. The average Bonchev–Trinajstić information content (AvgIpc) is 3.02. The number of benzene rings is 2. The monoisotopic (exact) mass is 471 g/mol. The van der Waals surface area contributed by atoms with Crippen molar-refractivity contribution in [3.05, 3.63) is 65.2 Å². The molecule has 3 rings (SSSR count). The van der Waals surface area contributed by atoms with E-state index < -0.39 is 34.4 Å². The van der Waals surface area contributed by atoms with Crippen LogP contribution in [0.5, 0.6) is 0 Å². The third-order valence-corrected chi connectivity index (χ3v) is 6.28. The van der Waals surface area contributed by atoms with Crippen LogP contribution < -0.4 is 10.0 Å². The number of fused-ring (bicyclic) bond motifs is 1. The smallest absolute Gasteiger partial charge is 0.308 e. The van der Waals surface area contributed by atoms with Crippen LogP contribution in [0, 0.1) is 0 Å². The van der Waals surface area contributed by atoms with Gasteiger partial charge in [0.15, 0.2) is 6.61 Å². The average molecular weight is 472 g/mol. The van der Waals surface area contributed by atoms with E-state index in [1.165, 1.54) is 6.07 Å². The fraction of sp³-hybridized carbons (Fsp3) is 0.304. The predicted octanol–water partition coefficient (Wildman–Crippen LogP) is 1.91. The van der Waals surface area contributed by atoms with Crippen LogP contribution in [0.25, 0.3) is 0 Å². The van der Waals surface area contributed by atoms with Gasteiger partial charge in [-0.1, -0.05) is 45.0 Å². The number of hydrogen-bond acceptors (Lipinski definition) is 7. The van der Waals surface area contributed by atoms with Crippen molar-refractivity contribution < 1.29 is 27.5 Å². The molecule has 9 nitrogen and oxygen atoms in total. The van der Waals surface area contributed by atoms with Crippen LogP contribution in [-0.4, -0.2) is 45.2 Å². The second kappa shape index (κ2) is 9.53. The summed E-state index contributed by atoms with van der Waals surface area (Å²) in [4.78, 5) is 40.2. The van der Waals surface area contributed by atoms with E-state index >= 15 is 0 Å². The van der Waals surface area contributed by atoms with E-state index in [2.05, 4.69) is 35.8 Å². The van der Waals surface area contributed by atoms with Crippen LogP contribution >= 0.6 is 0 Å². The zero-order chi connectivity index (χ0) is 24.2. The zero-order valence-electron chi connectivity index (χ0n) is 18.5. The molecule has 10 heteroatoms. The van der Waals surface area contributed by atoms with Gasteiger partial charge in [-0.05, 0) is 35.2 Å². The fourth-order valence-electron chi connectivity index (χ4n) is 3.08. The number of nitrogens with one attached hydrogen (secondary N) is 2. The van der Waals surface area contributed by atoms with Crippen LogP contribution in [0.2, 0.25) is 0 Å². The maximum absolute atomic E-state index is 12.2. The number of ether oxygens (including phenoxy) is 1. The van der Waals surface area contributed by atoms with E-state index in [1.54, 1.807) is 30.3 Å². The third kappa shape index (κ3) is 6.04. The minimum atomic E-state index is -3.65. The van der Waals surface area contributed by atoms with Gasteiger partial charge >= 0.3 is 5.97 Å². The Labute approximate surface area is 192 Å². The zero-order valence-corrected chi connectivity index (χ0v) is 19.4. The number of amidine groups is 1. The third-order valence-electron chi connectivity index (χ3n) is 4.88. The van der Waals surface area contributed by atoms with Crippen molar-refractivity contribution in [1.82, 2.24) is 10.0 Å². The van der Waals surface area contributed by atoms with Gasteiger partial charge < -0.3 is 4.74 Å². The first-order valence-corrected chi connectivity index (χ1v) is 11.7. The summed E-state index contributed by atoms with van der Waals surface area (Å²) in [5, 5.41) is 2.17. The molecule has 2 N–H and O–H groups in total. The van der Waals surface area contributed by atoms with Crippen LogP contribution in [0.3, 0.4) is 0 Å². The molecule has 1 aliphatic heterocycles. The molecule has 0 saturated heterocycles. The Morgan fingerprint density at radius 1 is 1.03 bits per heavy atom. The van der Waals surface area contributed by atoms with Crippen molar-refractivity contribution >= 4 is 33.6 Å². The van der Waals surface area contributed by atoms with Gasteiger partial charge in [0.1, 0.15) is 5.84 Å². The van der Waals surface area contributed by atoms with Crippen molar-refractivity contribution in [2.45, 2.75) is 37.5 Å². The molecule has 174 valence electrons. The summed E-state index contributed by atoms with van der Waals surface area (Å²) in [7, 11) is -3.65. The molecular formula is C23H25N3O6S. The molecule has 0 aliphatic carbocycles. The Kier molecular flexibility index (Phi) is 6.97. The SMILES string of the molecule is CC(C)(C)c1ccc(C(=O)NC(=O)COC(=O)CCN=C2NS(=O)(=O)c3ccccc32)cc1. The highest BCUT2D eigenvalue weighted by molar-refractivity contribution is 7.90. The summed E-state index contributed by atoms with van der Waals surface area (Å²) in [6.07, 6.45) is -0.164.